The minimum absolute atomic E-state index is 0.00816. The summed E-state index contributed by atoms with van der Waals surface area (Å²) in [5.74, 6) is 0.167. The molecule has 0 aromatic rings. The molecule has 21 heavy (non-hydrogen) atoms. The first-order chi connectivity index (χ1) is 9.79. The van der Waals surface area contributed by atoms with E-state index in [1.165, 1.54) is 0 Å². The summed E-state index contributed by atoms with van der Waals surface area (Å²) < 4.78 is 11.2. The second kappa shape index (κ2) is 10.4. The number of carboxylic acids is 1. The topological polar surface area (TPSA) is 81.8 Å². The van der Waals surface area contributed by atoms with E-state index in [0.717, 1.165) is 5.75 Å². The molecule has 0 rings (SSSR count). The number of carboxylic acid groups (broad SMARTS) is 1. The Hall–Kier alpha value is -0.300. The maximum Gasteiger partial charge on any atom is 0.306 e. The summed E-state index contributed by atoms with van der Waals surface area (Å²) in [4.78, 5) is 11.0. The molecule has 4 atom stereocenters. The standard InChI is InChI=1S/C15H31NO4S/c1-6-20-15(4,10-13(17)18)9-8-12(19-5)14(16)11(3)21-7-2/h11-12,14H,6-10,16H2,1-5H3,(H,17,18)/t11?,12?,14-,15?/m0/s1. The molecule has 0 aliphatic rings. The van der Waals surface area contributed by atoms with Gasteiger partial charge in [0.15, 0.2) is 0 Å². The number of ether oxygens (including phenoxy) is 2. The summed E-state index contributed by atoms with van der Waals surface area (Å²) in [6.45, 7) is 8.42. The van der Waals surface area contributed by atoms with Crippen molar-refractivity contribution in [2.45, 2.75) is 70.0 Å². The predicted molar refractivity (Wildman–Crippen MR) is 87.9 cm³/mol. The highest BCUT2D eigenvalue weighted by molar-refractivity contribution is 7.99. The molecule has 0 aromatic heterocycles. The highest BCUT2D eigenvalue weighted by atomic mass is 32.2. The summed E-state index contributed by atoms with van der Waals surface area (Å²) in [6.07, 6.45) is 1.21. The van der Waals surface area contributed by atoms with Crippen LogP contribution >= 0.6 is 11.8 Å². The molecule has 0 bridgehead atoms. The van der Waals surface area contributed by atoms with Gasteiger partial charge in [-0.05, 0) is 32.4 Å². The number of hydrogen-bond donors (Lipinski definition) is 2. The van der Waals surface area contributed by atoms with Crippen LogP contribution in [-0.4, -0.2) is 53.5 Å². The molecule has 3 unspecified atom stereocenters. The van der Waals surface area contributed by atoms with Gasteiger partial charge in [-0.1, -0.05) is 13.8 Å². The van der Waals surface area contributed by atoms with E-state index in [2.05, 4.69) is 13.8 Å². The quantitative estimate of drug-likeness (QED) is 0.575. The molecule has 0 amide bonds. The molecule has 126 valence electrons. The minimum Gasteiger partial charge on any atom is -0.481 e. The molecule has 0 radical (unpaired) electrons. The Morgan fingerprint density at radius 3 is 2.48 bits per heavy atom. The van der Waals surface area contributed by atoms with Crippen LogP contribution in [0.4, 0.5) is 0 Å². The monoisotopic (exact) mass is 321 g/mol. The van der Waals surface area contributed by atoms with Crippen LogP contribution in [0.2, 0.25) is 0 Å². The van der Waals surface area contributed by atoms with Gasteiger partial charge in [0.25, 0.3) is 0 Å². The summed E-state index contributed by atoms with van der Waals surface area (Å²) in [5, 5.41) is 9.33. The molecule has 0 aliphatic carbocycles. The average molecular weight is 321 g/mol. The molecule has 0 saturated heterocycles. The van der Waals surface area contributed by atoms with Crippen LogP contribution in [0.15, 0.2) is 0 Å². The lowest BCUT2D eigenvalue weighted by Gasteiger charge is -2.32. The molecular formula is C15H31NO4S. The number of nitrogens with two attached hydrogens (primary N) is 1. The fourth-order valence-corrected chi connectivity index (χ4v) is 3.39. The highest BCUT2D eigenvalue weighted by Crippen LogP contribution is 2.26. The van der Waals surface area contributed by atoms with Gasteiger partial charge in [0.05, 0.1) is 18.1 Å². The Kier molecular flexibility index (Phi) is 10.3. The van der Waals surface area contributed by atoms with Gasteiger partial charge < -0.3 is 20.3 Å². The third-order valence-corrected chi connectivity index (χ3v) is 4.85. The normalized spacial score (nSPS) is 18.8. The Morgan fingerprint density at radius 1 is 1.43 bits per heavy atom. The second-order valence-corrected chi connectivity index (χ2v) is 7.16. The van der Waals surface area contributed by atoms with Gasteiger partial charge in [0.2, 0.25) is 0 Å². The van der Waals surface area contributed by atoms with Crippen LogP contribution < -0.4 is 5.73 Å². The lowest BCUT2D eigenvalue weighted by molar-refractivity contribution is -0.145. The molecule has 0 fully saturated rings. The summed E-state index contributed by atoms with van der Waals surface area (Å²) in [6, 6.07) is -0.0735. The van der Waals surface area contributed by atoms with Crippen molar-refractivity contribution in [3.05, 3.63) is 0 Å². The van der Waals surface area contributed by atoms with Gasteiger partial charge in [0, 0.05) is 25.0 Å². The third kappa shape index (κ3) is 8.04. The molecule has 5 nitrogen and oxygen atoms in total. The Labute approximate surface area is 132 Å². The van der Waals surface area contributed by atoms with Crippen LogP contribution in [-0.2, 0) is 14.3 Å². The summed E-state index contributed by atoms with van der Waals surface area (Å²) >= 11 is 1.81. The molecule has 0 aromatic carbocycles. The molecule has 6 heteroatoms. The molecular weight excluding hydrogens is 290 g/mol. The van der Waals surface area contributed by atoms with Gasteiger partial charge in [-0.15, -0.1) is 0 Å². The van der Waals surface area contributed by atoms with Gasteiger partial charge in [-0.25, -0.2) is 0 Å². The van der Waals surface area contributed by atoms with Crippen molar-refractivity contribution < 1.29 is 19.4 Å². The zero-order chi connectivity index (χ0) is 16.5. The lowest BCUT2D eigenvalue weighted by atomic mass is 9.91. The number of aliphatic carboxylic acids is 1. The smallest absolute Gasteiger partial charge is 0.306 e. The number of rotatable bonds is 12. The molecule has 0 saturated carbocycles. The van der Waals surface area contributed by atoms with E-state index >= 15 is 0 Å². The van der Waals surface area contributed by atoms with Crippen molar-refractivity contribution in [3.8, 4) is 0 Å². The maximum atomic E-state index is 11.0. The first-order valence-corrected chi connectivity index (χ1v) is 8.60. The fraction of sp³-hybridized carbons (Fsp3) is 0.933. The van der Waals surface area contributed by atoms with Crippen molar-refractivity contribution >= 4 is 17.7 Å². The summed E-state index contributed by atoms with van der Waals surface area (Å²) in [5.41, 5.74) is 5.59. The first kappa shape index (κ1) is 20.7. The number of hydrogen-bond acceptors (Lipinski definition) is 5. The van der Waals surface area contributed by atoms with E-state index in [-0.39, 0.29) is 18.6 Å². The number of thioether (sulfide) groups is 1. The fourth-order valence-electron chi connectivity index (χ4n) is 2.47. The maximum absolute atomic E-state index is 11.0. The van der Waals surface area contributed by atoms with E-state index in [0.29, 0.717) is 24.7 Å². The van der Waals surface area contributed by atoms with E-state index in [1.807, 2.05) is 13.8 Å². The van der Waals surface area contributed by atoms with Crippen LogP contribution in [0.25, 0.3) is 0 Å². The van der Waals surface area contributed by atoms with Crippen molar-refractivity contribution in [2.75, 3.05) is 19.5 Å². The van der Waals surface area contributed by atoms with Crippen molar-refractivity contribution in [2.24, 2.45) is 5.73 Å². The van der Waals surface area contributed by atoms with Crippen LogP contribution in [0.3, 0.4) is 0 Å². The lowest BCUT2D eigenvalue weighted by Crippen LogP contribution is -2.44. The second-order valence-electron chi connectivity index (χ2n) is 5.50. The van der Waals surface area contributed by atoms with Gasteiger partial charge >= 0.3 is 5.97 Å². The first-order valence-electron chi connectivity index (χ1n) is 7.55. The molecule has 0 heterocycles. The van der Waals surface area contributed by atoms with E-state index in [9.17, 15) is 4.79 Å². The van der Waals surface area contributed by atoms with E-state index < -0.39 is 11.6 Å². The molecule has 0 aliphatic heterocycles. The SMILES string of the molecule is CCOC(C)(CCC(OC)[C@@H](N)C(C)SCC)CC(=O)O. The van der Waals surface area contributed by atoms with Crippen molar-refractivity contribution in [1.82, 2.24) is 0 Å². The largest absolute Gasteiger partial charge is 0.481 e. The minimum atomic E-state index is -0.848. The predicted octanol–water partition coefficient (Wildman–Crippen LogP) is 2.52. The zero-order valence-electron chi connectivity index (χ0n) is 13.9. The average Bonchev–Trinajstić information content (AvgIpc) is 2.38. The van der Waals surface area contributed by atoms with Crippen LogP contribution in [0.5, 0.6) is 0 Å². The Bertz CT molecular complexity index is 303. The third-order valence-electron chi connectivity index (χ3n) is 3.68. The van der Waals surface area contributed by atoms with Gasteiger partial charge in [-0.3, -0.25) is 4.79 Å². The molecule has 0 spiro atoms. The summed E-state index contributed by atoms with van der Waals surface area (Å²) in [7, 11) is 1.66. The van der Waals surface area contributed by atoms with E-state index in [1.54, 1.807) is 18.9 Å². The Balaban J connectivity index is 4.61. The van der Waals surface area contributed by atoms with Gasteiger partial charge in [0.1, 0.15) is 0 Å². The van der Waals surface area contributed by atoms with E-state index in [4.69, 9.17) is 20.3 Å². The van der Waals surface area contributed by atoms with Crippen LogP contribution in [0, 0.1) is 0 Å². The van der Waals surface area contributed by atoms with Crippen molar-refractivity contribution in [3.63, 3.8) is 0 Å². The number of methoxy groups -OCH3 is 1. The Morgan fingerprint density at radius 2 is 2.05 bits per heavy atom. The van der Waals surface area contributed by atoms with Gasteiger partial charge in [-0.2, -0.15) is 11.8 Å². The zero-order valence-corrected chi connectivity index (χ0v) is 14.7. The highest BCUT2D eigenvalue weighted by Gasteiger charge is 2.31. The van der Waals surface area contributed by atoms with Crippen LogP contribution in [0.1, 0.15) is 47.0 Å². The number of carbonyl (C=O) groups is 1. The van der Waals surface area contributed by atoms with Crippen molar-refractivity contribution in [1.29, 1.82) is 0 Å². The molecule has 3 N–H and O–H groups in total.